The van der Waals surface area contributed by atoms with Crippen LogP contribution in [0.3, 0.4) is 0 Å². The van der Waals surface area contributed by atoms with Crippen molar-refractivity contribution in [1.82, 2.24) is 5.32 Å². The minimum Gasteiger partial charge on any atom is -0.465 e. The quantitative estimate of drug-likeness (QED) is 0.564. The first-order valence-electron chi connectivity index (χ1n) is 5.82. The summed E-state index contributed by atoms with van der Waals surface area (Å²) in [7, 11) is 0. The molecular formula is C14H17NO3. The lowest BCUT2D eigenvalue weighted by Gasteiger charge is -2.11. The molecule has 0 aliphatic rings. The number of rotatable bonds is 4. The Bertz CT molecular complexity index is 460. The Morgan fingerprint density at radius 1 is 1.50 bits per heavy atom. The summed E-state index contributed by atoms with van der Waals surface area (Å²) in [5.74, 6) is 5.95. The van der Waals surface area contributed by atoms with Crippen molar-refractivity contribution < 1.29 is 15.0 Å². The Labute approximate surface area is 107 Å². The van der Waals surface area contributed by atoms with Crippen LogP contribution in [0.15, 0.2) is 24.3 Å². The van der Waals surface area contributed by atoms with Gasteiger partial charge < -0.3 is 15.5 Å². The molecule has 1 aromatic carbocycles. The van der Waals surface area contributed by atoms with Gasteiger partial charge in [0.15, 0.2) is 0 Å². The van der Waals surface area contributed by atoms with Crippen molar-refractivity contribution in [2.24, 2.45) is 0 Å². The smallest absolute Gasteiger partial charge is 0.405 e. The van der Waals surface area contributed by atoms with Crippen LogP contribution in [0.5, 0.6) is 0 Å². The van der Waals surface area contributed by atoms with Crippen LogP contribution in [0, 0.1) is 11.8 Å². The number of benzene rings is 1. The topological polar surface area (TPSA) is 69.6 Å². The molecule has 1 unspecified atom stereocenters. The standard InChI is InChI=1S/C14H17NO3/c1-11(15-14(17)18)13-8-5-7-12(10-13)6-3-2-4-9-16/h5,7-8,10-11,15-16H,2,4,9H2,1H3,(H,17,18). The van der Waals surface area contributed by atoms with Crippen LogP contribution in [0.1, 0.15) is 36.9 Å². The molecule has 0 bridgehead atoms. The highest BCUT2D eigenvalue weighted by molar-refractivity contribution is 5.65. The van der Waals surface area contributed by atoms with E-state index in [1.165, 1.54) is 0 Å². The van der Waals surface area contributed by atoms with Crippen LogP contribution in [0.4, 0.5) is 4.79 Å². The van der Waals surface area contributed by atoms with Gasteiger partial charge in [-0.05, 0) is 31.0 Å². The predicted octanol–water partition coefficient (Wildman–Crippen LogP) is 2.14. The van der Waals surface area contributed by atoms with Crippen molar-refractivity contribution in [2.75, 3.05) is 6.61 Å². The van der Waals surface area contributed by atoms with E-state index in [-0.39, 0.29) is 12.6 Å². The van der Waals surface area contributed by atoms with Crippen LogP contribution >= 0.6 is 0 Å². The number of nitrogens with one attached hydrogen (secondary N) is 1. The monoisotopic (exact) mass is 247 g/mol. The lowest BCUT2D eigenvalue weighted by atomic mass is 10.1. The maximum atomic E-state index is 10.5. The van der Waals surface area contributed by atoms with E-state index in [1.54, 1.807) is 6.92 Å². The first kappa shape index (κ1) is 14.1. The Morgan fingerprint density at radius 3 is 2.94 bits per heavy atom. The maximum absolute atomic E-state index is 10.5. The zero-order valence-corrected chi connectivity index (χ0v) is 10.3. The van der Waals surface area contributed by atoms with E-state index in [9.17, 15) is 4.79 Å². The van der Waals surface area contributed by atoms with Crippen molar-refractivity contribution in [3.8, 4) is 11.8 Å². The van der Waals surface area contributed by atoms with Crippen LogP contribution in [0.2, 0.25) is 0 Å². The summed E-state index contributed by atoms with van der Waals surface area (Å²) in [6.07, 6.45) is 0.287. The first-order valence-corrected chi connectivity index (χ1v) is 5.82. The van der Waals surface area contributed by atoms with Gasteiger partial charge in [-0.1, -0.05) is 24.0 Å². The van der Waals surface area contributed by atoms with Crippen LogP contribution < -0.4 is 5.32 Å². The summed E-state index contributed by atoms with van der Waals surface area (Å²) >= 11 is 0. The Kier molecular flexibility index (Phi) is 5.75. The van der Waals surface area contributed by atoms with Crippen molar-refractivity contribution in [3.63, 3.8) is 0 Å². The number of hydrogen-bond donors (Lipinski definition) is 3. The fraction of sp³-hybridized carbons (Fsp3) is 0.357. The molecule has 3 N–H and O–H groups in total. The highest BCUT2D eigenvalue weighted by Crippen LogP contribution is 2.13. The number of aliphatic hydroxyl groups is 1. The first-order chi connectivity index (χ1) is 8.63. The molecule has 0 saturated heterocycles. The molecule has 1 atom stereocenters. The molecule has 1 amide bonds. The molecule has 4 nitrogen and oxygen atoms in total. The fourth-order valence-corrected chi connectivity index (χ4v) is 1.49. The molecule has 0 aliphatic heterocycles. The normalized spacial score (nSPS) is 11.2. The van der Waals surface area contributed by atoms with Gasteiger partial charge >= 0.3 is 6.09 Å². The lowest BCUT2D eigenvalue weighted by Crippen LogP contribution is -2.24. The third-order valence-electron chi connectivity index (χ3n) is 2.42. The predicted molar refractivity (Wildman–Crippen MR) is 69.2 cm³/mol. The number of hydrogen-bond acceptors (Lipinski definition) is 2. The molecular weight excluding hydrogens is 230 g/mol. The molecule has 0 heterocycles. The highest BCUT2D eigenvalue weighted by Gasteiger charge is 2.07. The molecule has 0 saturated carbocycles. The van der Waals surface area contributed by atoms with Crippen molar-refractivity contribution in [2.45, 2.75) is 25.8 Å². The van der Waals surface area contributed by atoms with Gasteiger partial charge in [0.05, 0.1) is 6.04 Å². The van der Waals surface area contributed by atoms with Gasteiger partial charge in [-0.25, -0.2) is 4.79 Å². The van der Waals surface area contributed by atoms with Crippen molar-refractivity contribution in [3.05, 3.63) is 35.4 Å². The Balaban J connectivity index is 2.71. The van der Waals surface area contributed by atoms with Crippen molar-refractivity contribution in [1.29, 1.82) is 0 Å². The molecule has 1 rings (SSSR count). The van der Waals surface area contributed by atoms with E-state index >= 15 is 0 Å². The third-order valence-corrected chi connectivity index (χ3v) is 2.42. The molecule has 0 aliphatic carbocycles. The average Bonchev–Trinajstić information content (AvgIpc) is 2.34. The van der Waals surface area contributed by atoms with Crippen LogP contribution in [0.25, 0.3) is 0 Å². The van der Waals surface area contributed by atoms with Gasteiger partial charge in [-0.15, -0.1) is 0 Å². The summed E-state index contributed by atoms with van der Waals surface area (Å²) in [5, 5.41) is 19.7. The summed E-state index contributed by atoms with van der Waals surface area (Å²) < 4.78 is 0. The Hall–Kier alpha value is -1.99. The Morgan fingerprint density at radius 2 is 2.28 bits per heavy atom. The lowest BCUT2D eigenvalue weighted by molar-refractivity contribution is 0.191. The second-order valence-electron chi connectivity index (χ2n) is 3.93. The fourth-order valence-electron chi connectivity index (χ4n) is 1.49. The van der Waals surface area contributed by atoms with E-state index < -0.39 is 6.09 Å². The largest absolute Gasteiger partial charge is 0.465 e. The summed E-state index contributed by atoms with van der Waals surface area (Å²) in [5.41, 5.74) is 1.73. The molecule has 1 aromatic rings. The van der Waals surface area contributed by atoms with Gasteiger partial charge in [0.25, 0.3) is 0 Å². The van der Waals surface area contributed by atoms with E-state index in [4.69, 9.17) is 10.2 Å². The van der Waals surface area contributed by atoms with Gasteiger partial charge in [0.2, 0.25) is 0 Å². The number of carboxylic acid groups (broad SMARTS) is 1. The minimum atomic E-state index is -1.04. The second-order valence-corrected chi connectivity index (χ2v) is 3.93. The van der Waals surface area contributed by atoms with Crippen molar-refractivity contribution >= 4 is 6.09 Å². The summed E-state index contributed by atoms with van der Waals surface area (Å²) in [6.45, 7) is 1.93. The number of amides is 1. The SMILES string of the molecule is CC(NC(=O)O)c1cccc(C#CCCCO)c1. The molecule has 96 valence electrons. The summed E-state index contributed by atoms with van der Waals surface area (Å²) in [4.78, 5) is 10.5. The van der Waals surface area contributed by atoms with Gasteiger partial charge in [0.1, 0.15) is 0 Å². The molecule has 18 heavy (non-hydrogen) atoms. The van der Waals surface area contributed by atoms with E-state index in [1.807, 2.05) is 24.3 Å². The number of unbranched alkanes of at least 4 members (excludes halogenated alkanes) is 1. The zero-order chi connectivity index (χ0) is 13.4. The third kappa shape index (κ3) is 4.89. The summed E-state index contributed by atoms with van der Waals surface area (Å²) in [6, 6.07) is 7.20. The molecule has 0 radical (unpaired) electrons. The highest BCUT2D eigenvalue weighted by atomic mass is 16.4. The molecule has 0 aromatic heterocycles. The molecule has 0 spiro atoms. The molecule has 0 fully saturated rings. The van der Waals surface area contributed by atoms with Gasteiger partial charge in [-0.3, -0.25) is 0 Å². The van der Waals surface area contributed by atoms with Gasteiger partial charge in [0, 0.05) is 18.6 Å². The van der Waals surface area contributed by atoms with Crippen LogP contribution in [-0.4, -0.2) is 22.9 Å². The minimum absolute atomic E-state index is 0.147. The van der Waals surface area contributed by atoms with Gasteiger partial charge in [-0.2, -0.15) is 0 Å². The van der Waals surface area contributed by atoms with E-state index in [0.717, 1.165) is 11.1 Å². The van der Waals surface area contributed by atoms with E-state index in [0.29, 0.717) is 12.8 Å². The van der Waals surface area contributed by atoms with E-state index in [2.05, 4.69) is 17.2 Å². The second kappa shape index (κ2) is 7.36. The zero-order valence-electron chi connectivity index (χ0n) is 10.3. The molecule has 4 heteroatoms. The number of carbonyl (C=O) groups is 1. The number of aliphatic hydroxyl groups excluding tert-OH is 1. The van der Waals surface area contributed by atoms with Crippen LogP contribution in [-0.2, 0) is 0 Å². The maximum Gasteiger partial charge on any atom is 0.405 e. The average molecular weight is 247 g/mol.